The average molecular weight is 366 g/mol. The van der Waals surface area contributed by atoms with Gasteiger partial charge in [-0.2, -0.15) is 0 Å². The van der Waals surface area contributed by atoms with Gasteiger partial charge in [-0.05, 0) is 57.0 Å². The van der Waals surface area contributed by atoms with Crippen LogP contribution in [0.5, 0.6) is 5.75 Å². The van der Waals surface area contributed by atoms with Crippen LogP contribution < -0.4 is 10.1 Å². The van der Waals surface area contributed by atoms with Crippen LogP contribution in [0.3, 0.4) is 0 Å². The maximum Gasteiger partial charge on any atom is 0.145 e. The van der Waals surface area contributed by atoms with Crippen molar-refractivity contribution in [3.63, 3.8) is 0 Å². The number of amidine groups is 1. The van der Waals surface area contributed by atoms with Gasteiger partial charge in [-0.15, -0.1) is 5.10 Å². The summed E-state index contributed by atoms with van der Waals surface area (Å²) in [6, 6.07) is 4.65. The lowest BCUT2D eigenvalue weighted by Gasteiger charge is -2.38. The molecule has 1 spiro atoms. The van der Waals surface area contributed by atoms with E-state index >= 15 is 0 Å². The topological polar surface area (TPSA) is 67.6 Å². The molecule has 7 nitrogen and oxygen atoms in total. The second kappa shape index (κ2) is 6.05. The molecule has 142 valence electrons. The first-order valence-corrected chi connectivity index (χ1v) is 9.76. The summed E-state index contributed by atoms with van der Waals surface area (Å²) in [7, 11) is 5.74. The first-order chi connectivity index (χ1) is 13.2. The fourth-order valence-electron chi connectivity index (χ4n) is 4.92. The SMILES string of the molecule is CN=C1Nc2cc(-n3cc([C@H]4CCCN4C)nn3)c(OC)cc2C12CCC2. The van der Waals surface area contributed by atoms with E-state index in [9.17, 15) is 0 Å². The smallest absolute Gasteiger partial charge is 0.145 e. The van der Waals surface area contributed by atoms with Crippen molar-refractivity contribution in [1.29, 1.82) is 0 Å². The van der Waals surface area contributed by atoms with Gasteiger partial charge in [0.05, 0.1) is 24.8 Å². The van der Waals surface area contributed by atoms with E-state index in [0.717, 1.165) is 54.5 Å². The van der Waals surface area contributed by atoms with Crippen molar-refractivity contribution in [3.8, 4) is 11.4 Å². The molecule has 1 aliphatic carbocycles. The quantitative estimate of drug-likeness (QED) is 0.905. The Morgan fingerprint density at radius 2 is 2.15 bits per heavy atom. The summed E-state index contributed by atoms with van der Waals surface area (Å²) >= 11 is 0. The van der Waals surface area contributed by atoms with Gasteiger partial charge in [-0.1, -0.05) is 11.6 Å². The van der Waals surface area contributed by atoms with Gasteiger partial charge in [0.25, 0.3) is 0 Å². The highest BCUT2D eigenvalue weighted by Crippen LogP contribution is 2.53. The zero-order valence-corrected chi connectivity index (χ0v) is 16.2. The van der Waals surface area contributed by atoms with Crippen LogP contribution in [0.4, 0.5) is 5.69 Å². The average Bonchev–Trinajstić information content (AvgIpc) is 3.35. The molecule has 1 N–H and O–H groups in total. The van der Waals surface area contributed by atoms with Crippen LogP contribution in [0.2, 0.25) is 0 Å². The molecule has 2 fully saturated rings. The van der Waals surface area contributed by atoms with E-state index in [1.807, 2.05) is 17.9 Å². The van der Waals surface area contributed by atoms with Crippen LogP contribution in [0, 0.1) is 0 Å². The Kier molecular flexibility index (Phi) is 3.75. The number of methoxy groups -OCH3 is 1. The zero-order chi connectivity index (χ0) is 18.6. The lowest BCUT2D eigenvalue weighted by Crippen LogP contribution is -2.41. The molecule has 0 amide bonds. The summed E-state index contributed by atoms with van der Waals surface area (Å²) in [5.41, 5.74) is 4.40. The predicted octanol–water partition coefficient (Wildman–Crippen LogP) is 2.92. The summed E-state index contributed by atoms with van der Waals surface area (Å²) in [6.07, 6.45) is 7.91. The second-order valence-electron chi connectivity index (χ2n) is 7.93. The summed E-state index contributed by atoms with van der Waals surface area (Å²) in [5, 5.41) is 12.4. The zero-order valence-electron chi connectivity index (χ0n) is 16.2. The molecule has 27 heavy (non-hydrogen) atoms. The third-order valence-electron chi connectivity index (χ3n) is 6.59. The summed E-state index contributed by atoms with van der Waals surface area (Å²) in [6.45, 7) is 1.12. The molecule has 1 saturated heterocycles. The largest absolute Gasteiger partial charge is 0.494 e. The molecule has 5 rings (SSSR count). The van der Waals surface area contributed by atoms with Crippen molar-refractivity contribution < 1.29 is 4.74 Å². The minimum Gasteiger partial charge on any atom is -0.494 e. The van der Waals surface area contributed by atoms with Gasteiger partial charge in [-0.3, -0.25) is 9.89 Å². The van der Waals surface area contributed by atoms with Gasteiger partial charge in [0.2, 0.25) is 0 Å². The molecule has 3 heterocycles. The van der Waals surface area contributed by atoms with Crippen LogP contribution in [0.1, 0.15) is 49.4 Å². The fraction of sp³-hybridized carbons (Fsp3) is 0.550. The monoisotopic (exact) mass is 366 g/mol. The Balaban J connectivity index is 1.56. The number of nitrogens with one attached hydrogen (secondary N) is 1. The molecule has 1 aromatic carbocycles. The van der Waals surface area contributed by atoms with Crippen LogP contribution in [-0.4, -0.2) is 53.5 Å². The standard InChI is InChI=1S/C20H26N6O/c1-21-19-20(7-5-8-20)13-10-18(27-3)17(11-14(13)22-19)26-12-15(23-24-26)16-6-4-9-25(16)2/h10-12,16H,4-9H2,1-3H3,(H,21,22)/t16-/m1/s1. The summed E-state index contributed by atoms with van der Waals surface area (Å²) in [4.78, 5) is 6.87. The first-order valence-electron chi connectivity index (χ1n) is 9.76. The predicted molar refractivity (Wildman–Crippen MR) is 105 cm³/mol. The van der Waals surface area contributed by atoms with Crippen LogP contribution in [0.25, 0.3) is 5.69 Å². The maximum absolute atomic E-state index is 5.75. The minimum absolute atomic E-state index is 0.0516. The van der Waals surface area contributed by atoms with E-state index in [1.165, 1.54) is 18.4 Å². The number of anilines is 1. The molecule has 2 aliphatic heterocycles. The molecule has 0 bridgehead atoms. The van der Waals surface area contributed by atoms with Crippen molar-refractivity contribution >= 4 is 11.5 Å². The molecule has 7 heteroatoms. The molecule has 1 saturated carbocycles. The highest BCUT2D eigenvalue weighted by Gasteiger charge is 2.49. The van der Waals surface area contributed by atoms with Gasteiger partial charge in [0.15, 0.2) is 0 Å². The van der Waals surface area contributed by atoms with E-state index < -0.39 is 0 Å². The third-order valence-corrected chi connectivity index (χ3v) is 6.59. The molecule has 1 atom stereocenters. The number of benzene rings is 1. The number of aromatic nitrogens is 3. The van der Waals surface area contributed by atoms with E-state index in [0.29, 0.717) is 6.04 Å². The Morgan fingerprint density at radius 1 is 1.30 bits per heavy atom. The Labute approximate surface area is 159 Å². The highest BCUT2D eigenvalue weighted by atomic mass is 16.5. The molecular formula is C20H26N6O. The number of hydrogen-bond acceptors (Lipinski definition) is 5. The minimum atomic E-state index is 0.0516. The molecule has 0 unspecified atom stereocenters. The molecule has 1 aromatic heterocycles. The lowest BCUT2D eigenvalue weighted by atomic mass is 9.65. The van der Waals surface area contributed by atoms with E-state index in [4.69, 9.17) is 4.74 Å². The van der Waals surface area contributed by atoms with Crippen molar-refractivity contribution in [2.75, 3.05) is 33.1 Å². The number of hydrogen-bond donors (Lipinski definition) is 1. The summed E-state index contributed by atoms with van der Waals surface area (Å²) in [5.74, 6) is 1.91. The van der Waals surface area contributed by atoms with Gasteiger partial charge in [-0.25, -0.2) is 4.68 Å². The van der Waals surface area contributed by atoms with Crippen molar-refractivity contribution in [2.45, 2.75) is 43.6 Å². The van der Waals surface area contributed by atoms with E-state index in [-0.39, 0.29) is 5.41 Å². The molecular weight excluding hydrogens is 340 g/mol. The molecule has 2 aromatic rings. The molecule has 3 aliphatic rings. The first kappa shape index (κ1) is 16.7. The van der Waals surface area contributed by atoms with Crippen molar-refractivity contribution in [3.05, 3.63) is 29.6 Å². The number of nitrogens with zero attached hydrogens (tertiary/aromatic N) is 5. The normalized spacial score (nSPS) is 24.9. The lowest BCUT2D eigenvalue weighted by molar-refractivity contribution is 0.311. The summed E-state index contributed by atoms with van der Waals surface area (Å²) < 4.78 is 7.59. The van der Waals surface area contributed by atoms with Crippen LogP contribution >= 0.6 is 0 Å². The van der Waals surface area contributed by atoms with Gasteiger partial charge >= 0.3 is 0 Å². The van der Waals surface area contributed by atoms with E-state index in [2.05, 4.69) is 44.7 Å². The van der Waals surface area contributed by atoms with Crippen LogP contribution in [0.15, 0.2) is 23.3 Å². The van der Waals surface area contributed by atoms with Crippen molar-refractivity contribution in [2.24, 2.45) is 4.99 Å². The van der Waals surface area contributed by atoms with Crippen LogP contribution in [-0.2, 0) is 5.41 Å². The third kappa shape index (κ3) is 2.34. The molecule has 0 radical (unpaired) electrons. The Hall–Kier alpha value is -2.41. The number of likely N-dealkylation sites (tertiary alicyclic amines) is 1. The number of ether oxygens (including phenoxy) is 1. The maximum atomic E-state index is 5.75. The second-order valence-corrected chi connectivity index (χ2v) is 7.93. The number of fused-ring (bicyclic) bond motifs is 2. The van der Waals surface area contributed by atoms with Gasteiger partial charge in [0.1, 0.15) is 23.0 Å². The number of rotatable bonds is 3. The Morgan fingerprint density at radius 3 is 2.78 bits per heavy atom. The van der Waals surface area contributed by atoms with Gasteiger partial charge < -0.3 is 10.1 Å². The number of aliphatic imine (C=N–C) groups is 1. The van der Waals surface area contributed by atoms with Crippen molar-refractivity contribution in [1.82, 2.24) is 19.9 Å². The highest BCUT2D eigenvalue weighted by molar-refractivity contribution is 6.10. The van der Waals surface area contributed by atoms with Gasteiger partial charge in [0, 0.05) is 12.7 Å². The fourth-order valence-corrected chi connectivity index (χ4v) is 4.92. The Bertz CT molecular complexity index is 913. The van der Waals surface area contributed by atoms with E-state index in [1.54, 1.807) is 7.11 Å².